The molecule has 1 aromatic carbocycles. The maximum atomic E-state index is 12.4. The van der Waals surface area contributed by atoms with Crippen molar-refractivity contribution in [2.75, 3.05) is 5.32 Å². The van der Waals surface area contributed by atoms with Gasteiger partial charge in [-0.25, -0.2) is 4.98 Å². The van der Waals surface area contributed by atoms with Gasteiger partial charge in [0.1, 0.15) is 5.52 Å². The third-order valence-corrected chi connectivity index (χ3v) is 3.35. The molecule has 2 N–H and O–H groups in total. The highest BCUT2D eigenvalue weighted by molar-refractivity contribution is 6.06. The van der Waals surface area contributed by atoms with Crippen molar-refractivity contribution in [3.63, 3.8) is 0 Å². The lowest BCUT2D eigenvalue weighted by Crippen LogP contribution is -2.14. The Morgan fingerprint density at radius 2 is 1.81 bits per heavy atom. The summed E-state index contributed by atoms with van der Waals surface area (Å²) in [6, 6.07) is 5.75. The van der Waals surface area contributed by atoms with Crippen LogP contribution in [-0.2, 0) is 0 Å². The SMILES string of the molecule is Cc1cc(C)c(NC(=O)c2cnc3n[nH]nc3c2)c(C)c1. The molecule has 6 nitrogen and oxygen atoms in total. The average Bonchev–Trinajstić information content (AvgIpc) is 2.89. The van der Waals surface area contributed by atoms with E-state index in [9.17, 15) is 4.79 Å². The van der Waals surface area contributed by atoms with E-state index in [1.54, 1.807) is 6.07 Å². The predicted octanol–water partition coefficient (Wildman–Crippen LogP) is 2.53. The number of pyridine rings is 1. The highest BCUT2D eigenvalue weighted by Gasteiger charge is 2.12. The second kappa shape index (κ2) is 4.97. The number of hydrogen-bond donors (Lipinski definition) is 2. The van der Waals surface area contributed by atoms with Gasteiger partial charge in [0.15, 0.2) is 0 Å². The summed E-state index contributed by atoms with van der Waals surface area (Å²) in [5.74, 6) is -0.206. The van der Waals surface area contributed by atoms with Crippen LogP contribution in [-0.4, -0.2) is 26.3 Å². The molecule has 0 aliphatic carbocycles. The lowest BCUT2D eigenvalue weighted by Gasteiger charge is -2.12. The van der Waals surface area contributed by atoms with Crippen molar-refractivity contribution in [2.24, 2.45) is 0 Å². The normalized spacial score (nSPS) is 10.8. The van der Waals surface area contributed by atoms with Gasteiger partial charge in [0.2, 0.25) is 5.65 Å². The standard InChI is InChI=1S/C15H15N5O/c1-8-4-9(2)13(10(3)5-8)17-15(21)11-6-12-14(16-7-11)19-20-18-12/h4-7H,1-3H3,(H,17,21)(H,16,18,19,20). The van der Waals surface area contributed by atoms with Crippen LogP contribution in [0.1, 0.15) is 27.0 Å². The predicted molar refractivity (Wildman–Crippen MR) is 80.3 cm³/mol. The summed E-state index contributed by atoms with van der Waals surface area (Å²) in [6.45, 7) is 6.00. The number of aromatic amines is 1. The van der Waals surface area contributed by atoms with Gasteiger partial charge < -0.3 is 5.32 Å². The number of anilines is 1. The van der Waals surface area contributed by atoms with Crippen LogP contribution in [0.5, 0.6) is 0 Å². The van der Waals surface area contributed by atoms with Crippen LogP contribution < -0.4 is 5.32 Å². The fraction of sp³-hybridized carbons (Fsp3) is 0.200. The van der Waals surface area contributed by atoms with Gasteiger partial charge in [-0.3, -0.25) is 4.79 Å². The summed E-state index contributed by atoms with van der Waals surface area (Å²) in [5.41, 5.74) is 5.61. The third kappa shape index (κ3) is 2.47. The molecule has 0 spiro atoms. The molecule has 0 fully saturated rings. The van der Waals surface area contributed by atoms with Crippen LogP contribution >= 0.6 is 0 Å². The number of carbonyl (C=O) groups is 1. The molecule has 2 aromatic heterocycles. The monoisotopic (exact) mass is 281 g/mol. The van der Waals surface area contributed by atoms with E-state index in [1.165, 1.54) is 11.8 Å². The van der Waals surface area contributed by atoms with Crippen molar-refractivity contribution in [2.45, 2.75) is 20.8 Å². The topological polar surface area (TPSA) is 83.6 Å². The number of hydrogen-bond acceptors (Lipinski definition) is 4. The minimum absolute atomic E-state index is 0.206. The summed E-state index contributed by atoms with van der Waals surface area (Å²) in [4.78, 5) is 16.5. The lowest BCUT2D eigenvalue weighted by molar-refractivity contribution is 0.102. The molecule has 0 atom stereocenters. The van der Waals surface area contributed by atoms with Gasteiger partial charge in [0.25, 0.3) is 5.91 Å². The van der Waals surface area contributed by atoms with Gasteiger partial charge in [-0.05, 0) is 38.0 Å². The number of rotatable bonds is 2. The first-order chi connectivity index (χ1) is 10.0. The zero-order chi connectivity index (χ0) is 15.0. The maximum Gasteiger partial charge on any atom is 0.257 e. The molecule has 0 radical (unpaired) electrons. The summed E-state index contributed by atoms with van der Waals surface area (Å²) >= 11 is 0. The van der Waals surface area contributed by atoms with Crippen LogP contribution in [0.4, 0.5) is 5.69 Å². The zero-order valence-electron chi connectivity index (χ0n) is 12.1. The second-order valence-corrected chi connectivity index (χ2v) is 5.12. The van der Waals surface area contributed by atoms with Crippen molar-refractivity contribution < 1.29 is 4.79 Å². The Morgan fingerprint density at radius 3 is 2.52 bits per heavy atom. The van der Waals surface area contributed by atoms with E-state index in [0.29, 0.717) is 16.7 Å². The summed E-state index contributed by atoms with van der Waals surface area (Å²) in [7, 11) is 0. The number of nitrogens with one attached hydrogen (secondary N) is 2. The fourth-order valence-electron chi connectivity index (χ4n) is 2.43. The molecule has 3 aromatic rings. The molecule has 2 heterocycles. The van der Waals surface area contributed by atoms with E-state index in [4.69, 9.17) is 0 Å². The number of carbonyl (C=O) groups excluding carboxylic acids is 1. The largest absolute Gasteiger partial charge is 0.321 e. The molecule has 21 heavy (non-hydrogen) atoms. The van der Waals surface area contributed by atoms with Crippen LogP contribution in [0.3, 0.4) is 0 Å². The highest BCUT2D eigenvalue weighted by Crippen LogP contribution is 2.22. The number of benzene rings is 1. The molecule has 6 heteroatoms. The number of amides is 1. The minimum atomic E-state index is -0.206. The quantitative estimate of drug-likeness (QED) is 0.756. The zero-order valence-corrected chi connectivity index (χ0v) is 12.1. The van der Waals surface area contributed by atoms with E-state index in [-0.39, 0.29) is 5.91 Å². The van der Waals surface area contributed by atoms with Crippen molar-refractivity contribution in [3.05, 3.63) is 46.6 Å². The fourth-order valence-corrected chi connectivity index (χ4v) is 2.43. The molecule has 106 valence electrons. The maximum absolute atomic E-state index is 12.4. The summed E-state index contributed by atoms with van der Waals surface area (Å²) in [6.07, 6.45) is 1.50. The molecule has 3 rings (SSSR count). The molecule has 0 unspecified atom stereocenters. The first-order valence-corrected chi connectivity index (χ1v) is 6.60. The van der Waals surface area contributed by atoms with E-state index < -0.39 is 0 Å². The van der Waals surface area contributed by atoms with Crippen molar-refractivity contribution in [1.29, 1.82) is 0 Å². The van der Waals surface area contributed by atoms with E-state index in [0.717, 1.165) is 16.8 Å². The number of fused-ring (bicyclic) bond motifs is 1. The molecule has 1 amide bonds. The minimum Gasteiger partial charge on any atom is -0.321 e. The second-order valence-electron chi connectivity index (χ2n) is 5.12. The number of H-pyrrole nitrogens is 1. The Balaban J connectivity index is 1.92. The van der Waals surface area contributed by atoms with Crippen LogP contribution in [0.15, 0.2) is 24.4 Å². The molecule has 0 bridgehead atoms. The van der Waals surface area contributed by atoms with Crippen LogP contribution in [0.2, 0.25) is 0 Å². The first-order valence-electron chi connectivity index (χ1n) is 6.60. The third-order valence-electron chi connectivity index (χ3n) is 3.35. The molecule has 0 aliphatic heterocycles. The highest BCUT2D eigenvalue weighted by atomic mass is 16.1. The van der Waals surface area contributed by atoms with Gasteiger partial charge in [0, 0.05) is 11.9 Å². The molecular weight excluding hydrogens is 266 g/mol. The summed E-state index contributed by atoms with van der Waals surface area (Å²) in [5, 5.41) is 13.2. The molecule has 0 saturated heterocycles. The van der Waals surface area contributed by atoms with Gasteiger partial charge in [0.05, 0.1) is 5.56 Å². The van der Waals surface area contributed by atoms with Crippen LogP contribution in [0.25, 0.3) is 11.2 Å². The van der Waals surface area contributed by atoms with Gasteiger partial charge >= 0.3 is 0 Å². The molecular formula is C15H15N5O. The first kappa shape index (κ1) is 13.2. The van der Waals surface area contributed by atoms with Gasteiger partial charge in [-0.15, -0.1) is 5.10 Å². The van der Waals surface area contributed by atoms with E-state index in [2.05, 4.69) is 25.7 Å². The van der Waals surface area contributed by atoms with Crippen molar-refractivity contribution >= 4 is 22.8 Å². The summed E-state index contributed by atoms with van der Waals surface area (Å²) < 4.78 is 0. The van der Waals surface area contributed by atoms with E-state index >= 15 is 0 Å². The molecule has 0 saturated carbocycles. The van der Waals surface area contributed by atoms with Gasteiger partial charge in [-0.2, -0.15) is 10.3 Å². The van der Waals surface area contributed by atoms with Crippen LogP contribution in [0, 0.1) is 20.8 Å². The average molecular weight is 281 g/mol. The van der Waals surface area contributed by atoms with Crippen molar-refractivity contribution in [1.82, 2.24) is 20.4 Å². The Morgan fingerprint density at radius 1 is 1.10 bits per heavy atom. The molecule has 0 aliphatic rings. The van der Waals surface area contributed by atoms with Gasteiger partial charge in [-0.1, -0.05) is 17.7 Å². The number of aromatic nitrogens is 4. The Bertz CT molecular complexity index is 814. The Labute approximate surface area is 121 Å². The smallest absolute Gasteiger partial charge is 0.257 e. The Kier molecular flexibility index (Phi) is 3.13. The lowest BCUT2D eigenvalue weighted by atomic mass is 10.0. The number of aryl methyl sites for hydroxylation is 3. The Hall–Kier alpha value is -2.76. The van der Waals surface area contributed by atoms with Crippen molar-refractivity contribution in [3.8, 4) is 0 Å². The number of nitrogens with zero attached hydrogens (tertiary/aromatic N) is 3. The van der Waals surface area contributed by atoms with E-state index in [1.807, 2.05) is 32.9 Å².